The van der Waals surface area contributed by atoms with Gasteiger partial charge in [-0.25, -0.2) is 4.79 Å². The van der Waals surface area contributed by atoms with Gasteiger partial charge in [0.1, 0.15) is 6.61 Å². The second kappa shape index (κ2) is 7.67. The number of halogens is 1. The molecule has 26 heavy (non-hydrogen) atoms. The number of hydrogen-bond acceptors (Lipinski definition) is 2. The van der Waals surface area contributed by atoms with Crippen molar-refractivity contribution in [3.05, 3.63) is 77.4 Å². The minimum Gasteiger partial charge on any atom is -0.445 e. The summed E-state index contributed by atoms with van der Waals surface area (Å²) in [5.41, 5.74) is 4.92. The van der Waals surface area contributed by atoms with Crippen LogP contribution in [0.3, 0.4) is 0 Å². The lowest BCUT2D eigenvalue weighted by atomic mass is 9.94. The van der Waals surface area contributed by atoms with Crippen LogP contribution in [0.2, 0.25) is 0 Å². The molecule has 1 fully saturated rings. The number of carbonyl (C=O) groups is 1. The highest BCUT2D eigenvalue weighted by atomic mass is 79.9. The predicted molar refractivity (Wildman–Crippen MR) is 107 cm³/mol. The first-order valence-corrected chi connectivity index (χ1v) is 10.2. The Bertz CT molecular complexity index is 801. The van der Waals surface area contributed by atoms with Gasteiger partial charge in [-0.1, -0.05) is 76.6 Å². The lowest BCUT2D eigenvalue weighted by Crippen LogP contribution is -2.43. The SMILES string of the molecule is O=C(OCc1ccccc1)N1C2C=C(c3ccc(CBr)cc3)CC1CC2. The fourth-order valence-corrected chi connectivity index (χ4v) is 4.30. The normalized spacial score (nSPS) is 21.4. The average molecular weight is 412 g/mol. The fraction of sp³-hybridized carbons (Fsp3) is 0.318. The molecule has 2 atom stereocenters. The topological polar surface area (TPSA) is 29.5 Å². The van der Waals surface area contributed by atoms with Crippen molar-refractivity contribution in [2.24, 2.45) is 0 Å². The Kier molecular flexibility index (Phi) is 5.11. The summed E-state index contributed by atoms with van der Waals surface area (Å²) in [5.74, 6) is 0. The Hall–Kier alpha value is -2.07. The molecule has 134 valence electrons. The number of nitrogens with zero attached hydrogens (tertiary/aromatic N) is 1. The van der Waals surface area contributed by atoms with Crippen molar-refractivity contribution >= 4 is 27.6 Å². The molecule has 1 amide bonds. The number of carbonyl (C=O) groups excluding carboxylic acids is 1. The van der Waals surface area contributed by atoms with Gasteiger partial charge < -0.3 is 4.74 Å². The monoisotopic (exact) mass is 411 g/mol. The van der Waals surface area contributed by atoms with E-state index in [-0.39, 0.29) is 18.2 Å². The third-order valence-corrected chi connectivity index (χ3v) is 5.94. The largest absolute Gasteiger partial charge is 0.445 e. The maximum Gasteiger partial charge on any atom is 0.410 e. The third kappa shape index (κ3) is 3.56. The van der Waals surface area contributed by atoms with E-state index < -0.39 is 0 Å². The lowest BCUT2D eigenvalue weighted by molar-refractivity contribution is 0.0832. The van der Waals surface area contributed by atoms with Crippen LogP contribution >= 0.6 is 15.9 Å². The summed E-state index contributed by atoms with van der Waals surface area (Å²) < 4.78 is 5.57. The maximum absolute atomic E-state index is 12.6. The average Bonchev–Trinajstić information content (AvgIpc) is 2.96. The summed E-state index contributed by atoms with van der Waals surface area (Å²) >= 11 is 3.49. The van der Waals surface area contributed by atoms with Gasteiger partial charge in [-0.3, -0.25) is 4.90 Å². The quantitative estimate of drug-likeness (QED) is 0.618. The van der Waals surface area contributed by atoms with Crippen LogP contribution in [0.15, 0.2) is 60.7 Å². The van der Waals surface area contributed by atoms with E-state index in [2.05, 4.69) is 46.3 Å². The molecule has 2 heterocycles. The second-order valence-electron chi connectivity index (χ2n) is 6.97. The first-order valence-electron chi connectivity index (χ1n) is 9.09. The summed E-state index contributed by atoms with van der Waals surface area (Å²) in [6.45, 7) is 0.334. The molecule has 2 aliphatic heterocycles. The number of hydrogen-bond donors (Lipinski definition) is 0. The highest BCUT2D eigenvalue weighted by molar-refractivity contribution is 9.08. The summed E-state index contributed by atoms with van der Waals surface area (Å²) in [6, 6.07) is 18.9. The van der Waals surface area contributed by atoms with Crippen LogP contribution in [0.25, 0.3) is 5.57 Å². The van der Waals surface area contributed by atoms with Crippen molar-refractivity contribution in [3.8, 4) is 0 Å². The van der Waals surface area contributed by atoms with Crippen molar-refractivity contribution in [1.29, 1.82) is 0 Å². The Morgan fingerprint density at radius 1 is 1.04 bits per heavy atom. The minimum atomic E-state index is -0.189. The van der Waals surface area contributed by atoms with Gasteiger partial charge in [0.2, 0.25) is 0 Å². The van der Waals surface area contributed by atoms with Crippen LogP contribution in [0, 0.1) is 0 Å². The van der Waals surface area contributed by atoms with Gasteiger partial charge in [0.05, 0.1) is 6.04 Å². The highest BCUT2D eigenvalue weighted by Gasteiger charge is 2.40. The van der Waals surface area contributed by atoms with Gasteiger partial charge >= 0.3 is 6.09 Å². The highest BCUT2D eigenvalue weighted by Crippen LogP contribution is 2.39. The minimum absolute atomic E-state index is 0.155. The van der Waals surface area contributed by atoms with Gasteiger partial charge in [-0.2, -0.15) is 0 Å². The molecular formula is C22H22BrNO2. The molecule has 3 nitrogen and oxygen atoms in total. The molecule has 2 aromatic rings. The van der Waals surface area contributed by atoms with Crippen LogP contribution in [-0.2, 0) is 16.7 Å². The van der Waals surface area contributed by atoms with E-state index >= 15 is 0 Å². The van der Waals surface area contributed by atoms with Gasteiger partial charge in [0.15, 0.2) is 0 Å². The Morgan fingerprint density at radius 2 is 1.81 bits per heavy atom. The number of ether oxygens (including phenoxy) is 1. The molecule has 0 aromatic heterocycles. The van der Waals surface area contributed by atoms with E-state index in [1.807, 2.05) is 35.2 Å². The van der Waals surface area contributed by atoms with Crippen molar-refractivity contribution in [3.63, 3.8) is 0 Å². The number of fused-ring (bicyclic) bond motifs is 2. The molecular weight excluding hydrogens is 390 g/mol. The predicted octanol–water partition coefficient (Wildman–Crippen LogP) is 5.54. The molecule has 2 unspecified atom stereocenters. The standard InChI is InChI=1S/C22H22BrNO2/c23-14-16-6-8-18(9-7-16)19-12-20-10-11-21(13-19)24(20)22(25)26-15-17-4-2-1-3-5-17/h1-9,12,20-21H,10-11,13-15H2. The maximum atomic E-state index is 12.6. The zero-order chi connectivity index (χ0) is 17.9. The van der Waals surface area contributed by atoms with Gasteiger partial charge in [0.25, 0.3) is 0 Å². The summed E-state index contributed by atoms with van der Waals surface area (Å²) in [7, 11) is 0. The van der Waals surface area contributed by atoms with E-state index in [1.54, 1.807) is 0 Å². The molecule has 0 N–H and O–H groups in total. The second-order valence-corrected chi connectivity index (χ2v) is 7.53. The van der Waals surface area contributed by atoms with Gasteiger partial charge in [-0.15, -0.1) is 0 Å². The van der Waals surface area contributed by atoms with E-state index in [0.29, 0.717) is 6.61 Å². The molecule has 0 spiro atoms. The Labute approximate surface area is 162 Å². The first kappa shape index (κ1) is 17.3. The zero-order valence-corrected chi connectivity index (χ0v) is 16.2. The van der Waals surface area contributed by atoms with Crippen molar-refractivity contribution in [2.75, 3.05) is 0 Å². The molecule has 2 aromatic carbocycles. The smallest absolute Gasteiger partial charge is 0.410 e. The Balaban J connectivity index is 1.45. The van der Waals surface area contributed by atoms with E-state index in [4.69, 9.17) is 4.74 Å². The molecule has 2 bridgehead atoms. The van der Waals surface area contributed by atoms with E-state index in [0.717, 1.165) is 30.2 Å². The Morgan fingerprint density at radius 3 is 2.50 bits per heavy atom. The van der Waals surface area contributed by atoms with Crippen LogP contribution in [0.5, 0.6) is 0 Å². The molecule has 4 heteroatoms. The molecule has 1 saturated heterocycles. The molecule has 0 aliphatic carbocycles. The third-order valence-electron chi connectivity index (χ3n) is 5.29. The number of benzene rings is 2. The lowest BCUT2D eigenvalue weighted by Gasteiger charge is -2.33. The molecule has 0 saturated carbocycles. The van der Waals surface area contributed by atoms with Crippen molar-refractivity contribution in [1.82, 2.24) is 4.90 Å². The van der Waals surface area contributed by atoms with Crippen molar-refractivity contribution in [2.45, 2.75) is 43.3 Å². The summed E-state index contributed by atoms with van der Waals surface area (Å²) in [6.07, 6.45) is 5.05. The number of amides is 1. The molecule has 2 aliphatic rings. The van der Waals surface area contributed by atoms with Gasteiger partial charge in [-0.05, 0) is 41.5 Å². The first-order chi connectivity index (χ1) is 12.7. The van der Waals surface area contributed by atoms with Crippen LogP contribution in [0.4, 0.5) is 4.79 Å². The molecule has 4 rings (SSSR count). The van der Waals surface area contributed by atoms with E-state index in [9.17, 15) is 4.79 Å². The van der Waals surface area contributed by atoms with Gasteiger partial charge in [0, 0.05) is 11.4 Å². The van der Waals surface area contributed by atoms with Crippen molar-refractivity contribution < 1.29 is 9.53 Å². The fourth-order valence-electron chi connectivity index (χ4n) is 3.93. The summed E-state index contributed by atoms with van der Waals surface area (Å²) in [4.78, 5) is 14.6. The zero-order valence-electron chi connectivity index (χ0n) is 14.6. The van der Waals surface area contributed by atoms with E-state index in [1.165, 1.54) is 16.7 Å². The summed E-state index contributed by atoms with van der Waals surface area (Å²) in [5, 5.41) is 0.874. The number of alkyl halides is 1. The van der Waals surface area contributed by atoms with Crippen LogP contribution < -0.4 is 0 Å². The van der Waals surface area contributed by atoms with Crippen LogP contribution in [0.1, 0.15) is 36.0 Å². The number of rotatable bonds is 4. The van der Waals surface area contributed by atoms with Crippen LogP contribution in [-0.4, -0.2) is 23.1 Å². The molecule has 0 radical (unpaired) electrons.